The highest BCUT2D eigenvalue weighted by Crippen LogP contribution is 2.30. The number of hydrogen-bond acceptors (Lipinski definition) is 6. The van der Waals surface area contributed by atoms with Crippen LogP contribution in [-0.4, -0.2) is 77.7 Å². The van der Waals surface area contributed by atoms with Gasteiger partial charge in [-0.05, 0) is 13.0 Å². The van der Waals surface area contributed by atoms with Gasteiger partial charge in [0.25, 0.3) is 0 Å². The summed E-state index contributed by atoms with van der Waals surface area (Å²) in [7, 11) is 0. The summed E-state index contributed by atoms with van der Waals surface area (Å²) in [6, 6.07) is 2.08. The summed E-state index contributed by atoms with van der Waals surface area (Å²) in [4.78, 5) is 28.6. The van der Waals surface area contributed by atoms with E-state index >= 15 is 0 Å². The lowest BCUT2D eigenvalue weighted by molar-refractivity contribution is -0.166. The van der Waals surface area contributed by atoms with Crippen molar-refractivity contribution in [1.29, 1.82) is 0 Å². The second-order valence-electron chi connectivity index (χ2n) is 7.09. The fourth-order valence-corrected chi connectivity index (χ4v) is 4.56. The molecule has 0 N–H and O–H groups in total. The van der Waals surface area contributed by atoms with Gasteiger partial charge < -0.3 is 9.80 Å². The first kappa shape index (κ1) is 18.4. The molecule has 0 aliphatic carbocycles. The SMILES string of the molecule is Cc1cc2c(N3CCN(C(=O)C4CN(CC(F)(F)F)C4)CC3)ncnc2s1. The number of aromatic nitrogens is 2. The number of thiophene rings is 1. The van der Waals surface area contributed by atoms with E-state index in [0.29, 0.717) is 26.2 Å². The number of hydrogen-bond donors (Lipinski definition) is 0. The Bertz CT molecular complexity index is 841. The number of rotatable bonds is 3. The van der Waals surface area contributed by atoms with E-state index in [4.69, 9.17) is 0 Å². The number of fused-ring (bicyclic) bond motifs is 1. The third-order valence-corrected chi connectivity index (χ3v) is 5.99. The van der Waals surface area contributed by atoms with E-state index in [9.17, 15) is 18.0 Å². The van der Waals surface area contributed by atoms with Crippen LogP contribution in [0.1, 0.15) is 4.88 Å². The van der Waals surface area contributed by atoms with E-state index in [1.54, 1.807) is 22.6 Å². The summed E-state index contributed by atoms with van der Waals surface area (Å²) in [6.45, 7) is 3.92. The first-order valence-corrected chi connectivity index (χ1v) is 9.66. The van der Waals surface area contributed by atoms with Crippen LogP contribution in [0.5, 0.6) is 0 Å². The van der Waals surface area contributed by atoms with E-state index in [1.165, 1.54) is 9.78 Å². The molecular formula is C17H20F3N5OS. The summed E-state index contributed by atoms with van der Waals surface area (Å²) in [5.74, 6) is 0.535. The summed E-state index contributed by atoms with van der Waals surface area (Å²) in [5.41, 5.74) is 0. The normalized spacial score (nSPS) is 19.6. The van der Waals surface area contributed by atoms with Crippen molar-refractivity contribution in [1.82, 2.24) is 19.8 Å². The van der Waals surface area contributed by atoms with Gasteiger partial charge in [-0.15, -0.1) is 11.3 Å². The van der Waals surface area contributed by atoms with Crippen LogP contribution in [-0.2, 0) is 4.79 Å². The number of carbonyl (C=O) groups is 1. The summed E-state index contributed by atoms with van der Waals surface area (Å²) < 4.78 is 37.1. The van der Waals surface area contributed by atoms with Crippen molar-refractivity contribution in [3.63, 3.8) is 0 Å². The Kier molecular flexibility index (Phi) is 4.71. The fourth-order valence-electron chi connectivity index (χ4n) is 3.72. The van der Waals surface area contributed by atoms with Gasteiger partial charge in [0.15, 0.2) is 0 Å². The van der Waals surface area contributed by atoms with Gasteiger partial charge >= 0.3 is 6.18 Å². The molecule has 2 aliphatic rings. The average Bonchev–Trinajstić information content (AvgIpc) is 2.96. The van der Waals surface area contributed by atoms with Crippen LogP contribution in [0.2, 0.25) is 0 Å². The molecular weight excluding hydrogens is 379 g/mol. The maximum Gasteiger partial charge on any atom is 0.401 e. The summed E-state index contributed by atoms with van der Waals surface area (Å²) in [6.07, 6.45) is -2.64. The van der Waals surface area contributed by atoms with Crippen molar-refractivity contribution in [3.8, 4) is 0 Å². The standard InChI is InChI=1S/C17H20F3N5OS/c1-11-6-13-14(21-10-22-15(13)27-11)24-2-4-25(5-3-24)16(26)12-7-23(8-12)9-17(18,19)20/h6,10,12H,2-5,7-9H2,1H3. The minimum absolute atomic E-state index is 0.0349. The zero-order valence-corrected chi connectivity index (χ0v) is 15.7. The van der Waals surface area contributed by atoms with Gasteiger partial charge in [-0.1, -0.05) is 0 Å². The predicted molar refractivity (Wildman–Crippen MR) is 96.9 cm³/mol. The van der Waals surface area contributed by atoms with Gasteiger partial charge in [0.05, 0.1) is 17.8 Å². The average molecular weight is 399 g/mol. The smallest absolute Gasteiger partial charge is 0.352 e. The number of nitrogens with zero attached hydrogens (tertiary/aromatic N) is 5. The predicted octanol–water partition coefficient (Wildman–Crippen LogP) is 2.14. The lowest BCUT2D eigenvalue weighted by atomic mass is 9.98. The minimum atomic E-state index is -4.21. The van der Waals surface area contributed by atoms with Gasteiger partial charge in [-0.25, -0.2) is 9.97 Å². The summed E-state index contributed by atoms with van der Waals surface area (Å²) >= 11 is 1.63. The molecule has 27 heavy (non-hydrogen) atoms. The lowest BCUT2D eigenvalue weighted by Crippen LogP contribution is -2.59. The largest absolute Gasteiger partial charge is 0.401 e. The number of amides is 1. The topological polar surface area (TPSA) is 52.6 Å². The van der Waals surface area contributed by atoms with Crippen LogP contribution >= 0.6 is 11.3 Å². The highest BCUT2D eigenvalue weighted by Gasteiger charge is 2.41. The van der Waals surface area contributed by atoms with Crippen molar-refractivity contribution in [2.24, 2.45) is 5.92 Å². The maximum atomic E-state index is 12.5. The quantitative estimate of drug-likeness (QED) is 0.792. The van der Waals surface area contributed by atoms with Gasteiger partial charge in [0.2, 0.25) is 5.91 Å². The van der Waals surface area contributed by atoms with Crippen LogP contribution in [0.4, 0.5) is 19.0 Å². The number of alkyl halides is 3. The Morgan fingerprint density at radius 2 is 1.93 bits per heavy atom. The highest BCUT2D eigenvalue weighted by atomic mass is 32.1. The third kappa shape index (κ3) is 3.86. The molecule has 0 radical (unpaired) electrons. The molecule has 1 amide bonds. The van der Waals surface area contributed by atoms with E-state index in [2.05, 4.69) is 20.9 Å². The van der Waals surface area contributed by atoms with E-state index in [1.807, 2.05) is 6.92 Å². The molecule has 2 aromatic rings. The second kappa shape index (κ2) is 6.90. The molecule has 0 aromatic carbocycles. The van der Waals surface area contributed by atoms with E-state index < -0.39 is 12.7 Å². The number of aryl methyl sites for hydroxylation is 1. The van der Waals surface area contributed by atoms with Gasteiger partial charge in [0.1, 0.15) is 17.0 Å². The highest BCUT2D eigenvalue weighted by molar-refractivity contribution is 7.18. The Labute approximate surface area is 158 Å². The van der Waals surface area contributed by atoms with Crippen LogP contribution in [0.15, 0.2) is 12.4 Å². The Morgan fingerprint density at radius 1 is 1.22 bits per heavy atom. The minimum Gasteiger partial charge on any atom is -0.352 e. The number of carbonyl (C=O) groups excluding carboxylic acids is 1. The monoisotopic (exact) mass is 399 g/mol. The zero-order chi connectivity index (χ0) is 19.2. The molecule has 4 rings (SSSR count). The molecule has 2 saturated heterocycles. The molecule has 2 fully saturated rings. The molecule has 0 atom stereocenters. The van der Waals surface area contributed by atoms with Crippen molar-refractivity contribution in [2.75, 3.05) is 50.7 Å². The molecule has 0 spiro atoms. The second-order valence-corrected chi connectivity index (χ2v) is 8.33. The van der Waals surface area contributed by atoms with Crippen LogP contribution in [0.3, 0.4) is 0 Å². The van der Waals surface area contributed by atoms with Crippen molar-refractivity contribution in [2.45, 2.75) is 13.1 Å². The van der Waals surface area contributed by atoms with Gasteiger partial charge in [0, 0.05) is 44.1 Å². The number of piperazine rings is 1. The Balaban J connectivity index is 1.33. The Hall–Kier alpha value is -1.94. The molecule has 146 valence electrons. The van der Waals surface area contributed by atoms with E-state index in [0.717, 1.165) is 16.0 Å². The number of anilines is 1. The molecule has 4 heterocycles. The number of halogens is 3. The molecule has 10 heteroatoms. The van der Waals surface area contributed by atoms with Crippen LogP contribution < -0.4 is 4.90 Å². The molecule has 6 nitrogen and oxygen atoms in total. The first-order valence-electron chi connectivity index (χ1n) is 8.84. The van der Waals surface area contributed by atoms with Crippen molar-refractivity contribution >= 4 is 33.3 Å². The summed E-state index contributed by atoms with van der Waals surface area (Å²) in [5, 5.41) is 1.03. The van der Waals surface area contributed by atoms with Gasteiger partial charge in [-0.3, -0.25) is 9.69 Å². The van der Waals surface area contributed by atoms with Crippen molar-refractivity contribution in [3.05, 3.63) is 17.3 Å². The maximum absolute atomic E-state index is 12.5. The molecule has 0 bridgehead atoms. The third-order valence-electron chi connectivity index (χ3n) is 5.03. The van der Waals surface area contributed by atoms with Crippen molar-refractivity contribution < 1.29 is 18.0 Å². The van der Waals surface area contributed by atoms with E-state index in [-0.39, 0.29) is 24.9 Å². The lowest BCUT2D eigenvalue weighted by Gasteiger charge is -2.43. The fraction of sp³-hybridized carbons (Fsp3) is 0.588. The van der Waals surface area contributed by atoms with Crippen LogP contribution in [0.25, 0.3) is 10.2 Å². The molecule has 0 unspecified atom stereocenters. The first-order chi connectivity index (χ1) is 12.8. The van der Waals surface area contributed by atoms with Gasteiger partial charge in [-0.2, -0.15) is 13.2 Å². The number of likely N-dealkylation sites (tertiary alicyclic amines) is 1. The molecule has 2 aliphatic heterocycles. The zero-order valence-electron chi connectivity index (χ0n) is 14.9. The Morgan fingerprint density at radius 3 is 2.59 bits per heavy atom. The van der Waals surface area contributed by atoms with Crippen LogP contribution in [0, 0.1) is 12.8 Å². The molecule has 2 aromatic heterocycles. The molecule has 0 saturated carbocycles.